The van der Waals surface area contributed by atoms with Crippen molar-refractivity contribution in [2.45, 2.75) is 33.7 Å². The number of methoxy groups -OCH3 is 1. The number of ether oxygens (including phenoxy) is 2. The number of anilines is 1. The molecule has 0 amide bonds. The Hall–Kier alpha value is -3.72. The van der Waals surface area contributed by atoms with Crippen LogP contribution in [0.2, 0.25) is 0 Å². The van der Waals surface area contributed by atoms with Crippen LogP contribution in [0.5, 0.6) is 5.75 Å². The molecule has 0 aliphatic carbocycles. The highest BCUT2D eigenvalue weighted by Crippen LogP contribution is 2.31. The van der Waals surface area contributed by atoms with Crippen LogP contribution in [0.1, 0.15) is 44.9 Å². The molecule has 0 fully saturated rings. The number of thiazole rings is 1. The van der Waals surface area contributed by atoms with Gasteiger partial charge in [-0.3, -0.25) is 9.36 Å². The number of hydrogen-bond donors (Lipinski definition) is 0. The Labute approximate surface area is 218 Å². The lowest BCUT2D eigenvalue weighted by atomic mass is 9.96. The highest BCUT2D eigenvalue weighted by atomic mass is 32.1. The van der Waals surface area contributed by atoms with Gasteiger partial charge >= 0.3 is 5.97 Å². The van der Waals surface area contributed by atoms with Crippen LogP contribution < -0.4 is 24.5 Å². The molecule has 4 rings (SSSR count). The van der Waals surface area contributed by atoms with E-state index >= 15 is 0 Å². The molecule has 0 saturated carbocycles. The zero-order valence-electron chi connectivity index (χ0n) is 21.6. The number of benzene rings is 2. The Morgan fingerprint density at radius 2 is 1.86 bits per heavy atom. The fourth-order valence-electron chi connectivity index (χ4n) is 4.50. The third-order valence-corrected chi connectivity index (χ3v) is 7.32. The van der Waals surface area contributed by atoms with Crippen LogP contribution in [0.4, 0.5) is 10.1 Å². The molecule has 0 saturated heterocycles. The van der Waals surface area contributed by atoms with E-state index in [2.05, 4.69) is 23.7 Å². The number of halogens is 1. The summed E-state index contributed by atoms with van der Waals surface area (Å²) in [7, 11) is 1.60. The largest absolute Gasteiger partial charge is 0.496 e. The van der Waals surface area contributed by atoms with Crippen LogP contribution in [0.3, 0.4) is 0 Å². The van der Waals surface area contributed by atoms with Gasteiger partial charge in [0.1, 0.15) is 11.6 Å². The van der Waals surface area contributed by atoms with Crippen molar-refractivity contribution in [3.05, 3.63) is 90.4 Å². The zero-order chi connectivity index (χ0) is 26.7. The predicted octanol–water partition coefficient (Wildman–Crippen LogP) is 3.79. The van der Waals surface area contributed by atoms with Gasteiger partial charge in [-0.05, 0) is 63.6 Å². The van der Waals surface area contributed by atoms with Crippen molar-refractivity contribution in [3.8, 4) is 5.75 Å². The van der Waals surface area contributed by atoms with Crippen LogP contribution in [0, 0.1) is 5.82 Å². The van der Waals surface area contributed by atoms with Gasteiger partial charge in [-0.15, -0.1) is 0 Å². The van der Waals surface area contributed by atoms with Crippen molar-refractivity contribution < 1.29 is 18.7 Å². The Balaban J connectivity index is 1.90. The maximum absolute atomic E-state index is 13.8. The molecule has 37 heavy (non-hydrogen) atoms. The second-order valence-corrected chi connectivity index (χ2v) is 9.46. The normalized spacial score (nSPS) is 15.3. The summed E-state index contributed by atoms with van der Waals surface area (Å²) in [5, 5.41) is 0. The van der Waals surface area contributed by atoms with Crippen LogP contribution in [0.15, 0.2) is 63.5 Å². The van der Waals surface area contributed by atoms with Gasteiger partial charge in [-0.25, -0.2) is 14.2 Å². The van der Waals surface area contributed by atoms with Crippen molar-refractivity contribution in [2.24, 2.45) is 4.99 Å². The fraction of sp³-hybridized carbons (Fsp3) is 0.321. The van der Waals surface area contributed by atoms with Gasteiger partial charge < -0.3 is 14.4 Å². The molecule has 0 bridgehead atoms. The molecular formula is C28H30FN3O4S. The van der Waals surface area contributed by atoms with Crippen molar-refractivity contribution in [1.82, 2.24) is 4.57 Å². The average molecular weight is 524 g/mol. The number of fused-ring (bicyclic) bond motifs is 1. The monoisotopic (exact) mass is 523 g/mol. The first-order valence-electron chi connectivity index (χ1n) is 12.2. The number of hydrogen-bond acceptors (Lipinski definition) is 7. The molecule has 194 valence electrons. The summed E-state index contributed by atoms with van der Waals surface area (Å²) in [6.07, 6.45) is 1.78. The van der Waals surface area contributed by atoms with E-state index in [9.17, 15) is 14.0 Å². The SMILES string of the molecule is CCOC(=O)C1=C(C)N=c2s/c(=C\c3ccc(N(CC)CC)cc3OC)c(=O)n2[C@H]1c1ccc(F)cc1. The highest BCUT2D eigenvalue weighted by molar-refractivity contribution is 7.07. The lowest BCUT2D eigenvalue weighted by Crippen LogP contribution is -2.39. The molecule has 2 heterocycles. The summed E-state index contributed by atoms with van der Waals surface area (Å²) in [6.45, 7) is 9.53. The molecular weight excluding hydrogens is 493 g/mol. The third kappa shape index (κ3) is 5.09. The molecule has 2 aromatic carbocycles. The minimum Gasteiger partial charge on any atom is -0.496 e. The quantitative estimate of drug-likeness (QED) is 0.420. The zero-order valence-corrected chi connectivity index (χ0v) is 22.4. The van der Waals surface area contributed by atoms with E-state index in [1.54, 1.807) is 39.2 Å². The topological polar surface area (TPSA) is 73.1 Å². The second-order valence-electron chi connectivity index (χ2n) is 8.45. The summed E-state index contributed by atoms with van der Waals surface area (Å²) in [5.41, 5.74) is 2.79. The molecule has 1 aliphatic heterocycles. The number of carbonyl (C=O) groups excluding carboxylic acids is 1. The molecule has 0 N–H and O–H groups in total. The summed E-state index contributed by atoms with van der Waals surface area (Å²) in [6, 6.07) is 10.9. The van der Waals surface area contributed by atoms with E-state index in [4.69, 9.17) is 9.47 Å². The van der Waals surface area contributed by atoms with Crippen molar-refractivity contribution >= 4 is 29.1 Å². The number of aromatic nitrogens is 1. The van der Waals surface area contributed by atoms with Crippen molar-refractivity contribution in [3.63, 3.8) is 0 Å². The number of carbonyl (C=O) groups is 1. The Bertz CT molecular complexity index is 1520. The first kappa shape index (κ1) is 26.3. The Morgan fingerprint density at radius 1 is 1.16 bits per heavy atom. The second kappa shape index (κ2) is 11.1. The molecule has 7 nitrogen and oxygen atoms in total. The molecule has 1 atom stereocenters. The van der Waals surface area contributed by atoms with Gasteiger partial charge in [0.05, 0.1) is 35.6 Å². The average Bonchev–Trinajstić information content (AvgIpc) is 3.19. The van der Waals surface area contributed by atoms with Crippen molar-refractivity contribution in [1.29, 1.82) is 0 Å². The van der Waals surface area contributed by atoms with E-state index < -0.39 is 17.8 Å². The summed E-state index contributed by atoms with van der Waals surface area (Å²) >= 11 is 1.23. The fourth-order valence-corrected chi connectivity index (χ4v) is 5.54. The van der Waals surface area contributed by atoms with Gasteiger partial charge in [0.25, 0.3) is 5.56 Å². The van der Waals surface area contributed by atoms with Crippen LogP contribution >= 0.6 is 11.3 Å². The van der Waals surface area contributed by atoms with Gasteiger partial charge in [0.2, 0.25) is 0 Å². The number of rotatable bonds is 8. The molecule has 0 spiro atoms. The van der Waals surface area contributed by atoms with Crippen LogP contribution in [-0.2, 0) is 9.53 Å². The van der Waals surface area contributed by atoms with E-state index in [0.29, 0.717) is 26.3 Å². The van der Waals surface area contributed by atoms with Gasteiger partial charge in [-0.1, -0.05) is 23.5 Å². The maximum Gasteiger partial charge on any atom is 0.338 e. The lowest BCUT2D eigenvalue weighted by Gasteiger charge is -2.24. The van der Waals surface area contributed by atoms with Gasteiger partial charge in [0.15, 0.2) is 4.80 Å². The van der Waals surface area contributed by atoms with E-state index in [-0.39, 0.29) is 17.7 Å². The van der Waals surface area contributed by atoms with E-state index in [0.717, 1.165) is 24.3 Å². The standard InChI is InChI=1S/C28H30FN3O4S/c1-6-31(7-2)21-14-11-19(22(16-21)35-5)15-23-26(33)32-25(18-9-12-20(29)13-10-18)24(27(34)36-8-3)17(4)30-28(32)37-23/h9-16,25H,6-8H2,1-5H3/b23-15-/t25-/m0/s1. The molecule has 1 aliphatic rings. The number of allylic oxidation sites excluding steroid dienone is 1. The Kier molecular flexibility index (Phi) is 7.92. The van der Waals surface area contributed by atoms with Gasteiger partial charge in [0, 0.05) is 30.4 Å². The molecule has 3 aromatic rings. The molecule has 1 aromatic heterocycles. The molecule has 0 unspecified atom stereocenters. The first-order valence-corrected chi connectivity index (χ1v) is 13.0. The summed E-state index contributed by atoms with van der Waals surface area (Å²) < 4.78 is 26.6. The minimum absolute atomic E-state index is 0.180. The Morgan fingerprint density at radius 3 is 2.49 bits per heavy atom. The predicted molar refractivity (Wildman–Crippen MR) is 143 cm³/mol. The van der Waals surface area contributed by atoms with Gasteiger partial charge in [-0.2, -0.15) is 0 Å². The van der Waals surface area contributed by atoms with E-state index in [1.165, 1.54) is 28.0 Å². The maximum atomic E-state index is 13.8. The van der Waals surface area contributed by atoms with Crippen LogP contribution in [-0.4, -0.2) is 37.3 Å². The summed E-state index contributed by atoms with van der Waals surface area (Å²) in [4.78, 5) is 33.9. The summed E-state index contributed by atoms with van der Waals surface area (Å²) in [5.74, 6) is -0.315. The van der Waals surface area contributed by atoms with Crippen LogP contribution in [0.25, 0.3) is 6.08 Å². The van der Waals surface area contributed by atoms with Crippen molar-refractivity contribution in [2.75, 3.05) is 31.7 Å². The molecule has 0 radical (unpaired) electrons. The number of nitrogens with zero attached hydrogens (tertiary/aromatic N) is 3. The number of esters is 1. The lowest BCUT2D eigenvalue weighted by molar-refractivity contribution is -0.139. The first-order chi connectivity index (χ1) is 17.8. The third-order valence-electron chi connectivity index (χ3n) is 6.34. The highest BCUT2D eigenvalue weighted by Gasteiger charge is 2.33. The van der Waals surface area contributed by atoms with E-state index in [1.807, 2.05) is 18.2 Å². The molecule has 9 heteroatoms. The minimum atomic E-state index is -0.787. The smallest absolute Gasteiger partial charge is 0.338 e.